The number of unbranched alkanes of at least 4 members (excludes halogenated alkanes) is 1. The summed E-state index contributed by atoms with van der Waals surface area (Å²) in [6.45, 7) is 2.18. The minimum absolute atomic E-state index is 0.286. The first-order valence-electron chi connectivity index (χ1n) is 7.80. The maximum atomic E-state index is 12.0. The Morgan fingerprint density at radius 1 is 1.04 bits per heavy atom. The number of aryl methyl sites for hydroxylation is 1. The van der Waals surface area contributed by atoms with Crippen LogP contribution in [-0.2, 0) is 6.42 Å². The van der Waals surface area contributed by atoms with E-state index >= 15 is 0 Å². The van der Waals surface area contributed by atoms with Crippen molar-refractivity contribution >= 4 is 40.5 Å². The lowest BCUT2D eigenvalue weighted by Gasteiger charge is -2.12. The van der Waals surface area contributed by atoms with Crippen molar-refractivity contribution in [2.45, 2.75) is 26.2 Å². The van der Waals surface area contributed by atoms with E-state index in [4.69, 9.17) is 23.8 Å². The molecule has 0 fully saturated rings. The minimum Gasteiger partial charge on any atom is -0.331 e. The Hall–Kier alpha value is -2.11. The summed E-state index contributed by atoms with van der Waals surface area (Å²) < 4.78 is 0. The van der Waals surface area contributed by atoms with Crippen molar-refractivity contribution in [2.24, 2.45) is 0 Å². The lowest BCUT2D eigenvalue weighted by Crippen LogP contribution is -2.43. The molecule has 0 bridgehead atoms. The van der Waals surface area contributed by atoms with Crippen molar-refractivity contribution in [3.63, 3.8) is 0 Å². The molecule has 0 radical (unpaired) electrons. The van der Waals surface area contributed by atoms with Crippen LogP contribution in [0.3, 0.4) is 0 Å². The fourth-order valence-electron chi connectivity index (χ4n) is 2.08. The van der Waals surface area contributed by atoms with E-state index in [0.29, 0.717) is 15.7 Å². The van der Waals surface area contributed by atoms with Crippen LogP contribution in [0.4, 0.5) is 5.69 Å². The zero-order valence-corrected chi connectivity index (χ0v) is 15.0. The average Bonchev–Trinajstić information content (AvgIpc) is 2.59. The normalized spacial score (nSPS) is 10.1. The minimum atomic E-state index is -0.286. The van der Waals surface area contributed by atoms with E-state index in [0.717, 1.165) is 12.1 Å². The second-order valence-corrected chi connectivity index (χ2v) is 6.19. The van der Waals surface area contributed by atoms with E-state index in [-0.39, 0.29) is 5.91 Å². The number of anilines is 1. The predicted molar refractivity (Wildman–Crippen MR) is 103 cm³/mol. The molecule has 0 heterocycles. The molecular weight excluding hydrogens is 342 g/mol. The van der Waals surface area contributed by atoms with Gasteiger partial charge in [-0.15, -0.1) is 0 Å². The molecule has 0 aromatic heterocycles. The molecular formula is C18H20ClN3OS. The van der Waals surface area contributed by atoms with Crippen LogP contribution in [0, 0.1) is 0 Å². The monoisotopic (exact) mass is 361 g/mol. The van der Waals surface area contributed by atoms with Gasteiger partial charge in [0.15, 0.2) is 5.11 Å². The first kappa shape index (κ1) is 18.2. The van der Waals surface area contributed by atoms with Crippen LogP contribution in [-0.4, -0.2) is 11.0 Å². The van der Waals surface area contributed by atoms with Crippen LogP contribution in [0.2, 0.25) is 5.02 Å². The zero-order chi connectivity index (χ0) is 17.4. The lowest BCUT2D eigenvalue weighted by molar-refractivity contribution is 0.0944. The van der Waals surface area contributed by atoms with Crippen molar-refractivity contribution in [3.05, 3.63) is 64.7 Å². The molecule has 4 nitrogen and oxygen atoms in total. The summed E-state index contributed by atoms with van der Waals surface area (Å²) in [4.78, 5) is 12.0. The molecule has 0 aliphatic carbocycles. The highest BCUT2D eigenvalue weighted by atomic mass is 35.5. The Labute approximate surface area is 152 Å². The molecule has 0 aliphatic rings. The van der Waals surface area contributed by atoms with E-state index in [9.17, 15) is 4.79 Å². The topological polar surface area (TPSA) is 53.2 Å². The molecule has 2 aromatic rings. The molecule has 2 aromatic carbocycles. The van der Waals surface area contributed by atoms with Crippen LogP contribution in [0.15, 0.2) is 48.5 Å². The van der Waals surface area contributed by atoms with Crippen molar-refractivity contribution in [1.82, 2.24) is 10.9 Å². The number of carbonyl (C=O) groups excluding carboxylic acids is 1. The van der Waals surface area contributed by atoms with Gasteiger partial charge in [-0.2, -0.15) is 0 Å². The van der Waals surface area contributed by atoms with Gasteiger partial charge in [-0.05, 0) is 67.0 Å². The molecule has 6 heteroatoms. The third-order valence-electron chi connectivity index (χ3n) is 3.43. The number of benzene rings is 2. The number of rotatable bonds is 5. The molecule has 3 N–H and O–H groups in total. The van der Waals surface area contributed by atoms with Gasteiger partial charge >= 0.3 is 0 Å². The molecule has 0 unspecified atom stereocenters. The summed E-state index contributed by atoms with van der Waals surface area (Å²) in [6.07, 6.45) is 3.45. The number of amides is 1. The van der Waals surface area contributed by atoms with Crippen molar-refractivity contribution in [3.8, 4) is 0 Å². The summed E-state index contributed by atoms with van der Waals surface area (Å²) in [5, 5.41) is 3.93. The molecule has 0 saturated heterocycles. The van der Waals surface area contributed by atoms with Gasteiger partial charge in [-0.3, -0.25) is 15.6 Å². The summed E-state index contributed by atoms with van der Waals surface area (Å²) in [5.41, 5.74) is 7.89. The SMILES string of the molecule is CCCCc1ccc(NC(=S)NNC(=O)c2ccc(Cl)cc2)cc1. The third kappa shape index (κ3) is 5.83. The number of thiocarbonyl (C=S) groups is 1. The van der Waals surface area contributed by atoms with Gasteiger partial charge < -0.3 is 5.32 Å². The number of carbonyl (C=O) groups is 1. The molecule has 2 rings (SSSR count). The molecule has 24 heavy (non-hydrogen) atoms. The van der Waals surface area contributed by atoms with Crippen LogP contribution < -0.4 is 16.2 Å². The van der Waals surface area contributed by atoms with Gasteiger partial charge in [-0.1, -0.05) is 37.1 Å². The van der Waals surface area contributed by atoms with Gasteiger partial charge in [0.1, 0.15) is 0 Å². The van der Waals surface area contributed by atoms with E-state index in [1.54, 1.807) is 24.3 Å². The molecule has 126 valence electrons. The first-order chi connectivity index (χ1) is 11.6. The standard InChI is InChI=1S/C18H20ClN3OS/c1-2-3-4-13-5-11-16(12-6-13)20-18(24)22-21-17(23)14-7-9-15(19)10-8-14/h5-12H,2-4H2,1H3,(H,21,23)(H2,20,22,24). The van der Waals surface area contributed by atoms with Gasteiger partial charge in [-0.25, -0.2) is 0 Å². The van der Waals surface area contributed by atoms with Crippen LogP contribution in [0.1, 0.15) is 35.7 Å². The highest BCUT2D eigenvalue weighted by molar-refractivity contribution is 7.80. The summed E-state index contributed by atoms with van der Waals surface area (Å²) in [6, 6.07) is 14.7. The molecule has 1 amide bonds. The fraction of sp³-hybridized carbons (Fsp3) is 0.222. The third-order valence-corrected chi connectivity index (χ3v) is 3.88. The molecule has 0 spiro atoms. The van der Waals surface area contributed by atoms with E-state index in [2.05, 4.69) is 35.2 Å². The Balaban J connectivity index is 1.80. The van der Waals surface area contributed by atoms with E-state index < -0.39 is 0 Å². The zero-order valence-electron chi connectivity index (χ0n) is 13.4. The van der Waals surface area contributed by atoms with Crippen molar-refractivity contribution in [2.75, 3.05) is 5.32 Å². The number of hydrogen-bond acceptors (Lipinski definition) is 2. The van der Waals surface area contributed by atoms with Crippen molar-refractivity contribution < 1.29 is 4.79 Å². The fourth-order valence-corrected chi connectivity index (χ4v) is 2.38. The second-order valence-electron chi connectivity index (χ2n) is 5.34. The Morgan fingerprint density at radius 2 is 1.71 bits per heavy atom. The van der Waals surface area contributed by atoms with Gasteiger partial charge in [0.05, 0.1) is 0 Å². The lowest BCUT2D eigenvalue weighted by atomic mass is 10.1. The number of hydrogen-bond donors (Lipinski definition) is 3. The molecule has 0 saturated carbocycles. The highest BCUT2D eigenvalue weighted by Crippen LogP contribution is 2.12. The Morgan fingerprint density at radius 3 is 2.33 bits per heavy atom. The van der Waals surface area contributed by atoms with Crippen LogP contribution in [0.25, 0.3) is 0 Å². The van der Waals surface area contributed by atoms with E-state index in [1.807, 2.05) is 12.1 Å². The average molecular weight is 362 g/mol. The maximum Gasteiger partial charge on any atom is 0.269 e. The predicted octanol–water partition coefficient (Wildman–Crippen LogP) is 4.31. The van der Waals surface area contributed by atoms with E-state index in [1.165, 1.54) is 18.4 Å². The van der Waals surface area contributed by atoms with Crippen molar-refractivity contribution in [1.29, 1.82) is 0 Å². The van der Waals surface area contributed by atoms with Crippen LogP contribution >= 0.6 is 23.8 Å². The first-order valence-corrected chi connectivity index (χ1v) is 8.59. The maximum absolute atomic E-state index is 12.0. The number of halogens is 1. The quantitative estimate of drug-likeness (QED) is 0.548. The highest BCUT2D eigenvalue weighted by Gasteiger charge is 2.05. The van der Waals surface area contributed by atoms with Gasteiger partial charge in [0.2, 0.25) is 0 Å². The molecule has 0 aliphatic heterocycles. The molecule has 0 atom stereocenters. The Kier molecular flexibility index (Phi) is 7.03. The second kappa shape index (κ2) is 9.25. The number of hydrazine groups is 1. The number of nitrogens with one attached hydrogen (secondary N) is 3. The largest absolute Gasteiger partial charge is 0.331 e. The Bertz CT molecular complexity index is 686. The van der Waals surface area contributed by atoms with Crippen LogP contribution in [0.5, 0.6) is 0 Å². The summed E-state index contributed by atoms with van der Waals surface area (Å²) in [7, 11) is 0. The summed E-state index contributed by atoms with van der Waals surface area (Å²) in [5.74, 6) is -0.286. The van der Waals surface area contributed by atoms with Gasteiger partial charge in [0.25, 0.3) is 5.91 Å². The smallest absolute Gasteiger partial charge is 0.269 e. The van der Waals surface area contributed by atoms with Gasteiger partial charge in [0, 0.05) is 16.3 Å². The summed E-state index contributed by atoms with van der Waals surface area (Å²) >= 11 is 11.0.